The Morgan fingerprint density at radius 1 is 1.19 bits per heavy atom. The second-order valence-corrected chi connectivity index (χ2v) is 5.02. The van der Waals surface area contributed by atoms with Gasteiger partial charge in [-0.1, -0.05) is 12.1 Å². The van der Waals surface area contributed by atoms with Gasteiger partial charge in [-0.3, -0.25) is 4.98 Å². The van der Waals surface area contributed by atoms with Gasteiger partial charge in [0.2, 0.25) is 0 Å². The highest BCUT2D eigenvalue weighted by molar-refractivity contribution is 5.20. The first-order chi connectivity index (χ1) is 10.1. The molecule has 0 saturated carbocycles. The number of aliphatic hydroxyl groups is 1. The molecule has 5 heteroatoms. The smallest absolute Gasteiger partial charge is 0.159 e. The molecule has 21 heavy (non-hydrogen) atoms. The topological polar surface area (TPSA) is 36.4 Å². The van der Waals surface area contributed by atoms with Gasteiger partial charge in [0.15, 0.2) is 11.6 Å². The van der Waals surface area contributed by atoms with Crippen LogP contribution in [0.25, 0.3) is 0 Å². The minimum Gasteiger partial charge on any atom is -0.387 e. The van der Waals surface area contributed by atoms with E-state index in [1.54, 1.807) is 6.20 Å². The summed E-state index contributed by atoms with van der Waals surface area (Å²) in [5, 5.41) is 10.1. The van der Waals surface area contributed by atoms with E-state index in [1.165, 1.54) is 6.07 Å². The third-order valence-electron chi connectivity index (χ3n) is 3.29. The summed E-state index contributed by atoms with van der Waals surface area (Å²) in [5.41, 5.74) is 1.35. The largest absolute Gasteiger partial charge is 0.387 e. The first-order valence-corrected chi connectivity index (χ1v) is 6.77. The van der Waals surface area contributed by atoms with Crippen LogP contribution in [0.1, 0.15) is 17.4 Å². The van der Waals surface area contributed by atoms with E-state index >= 15 is 0 Å². The maximum Gasteiger partial charge on any atom is 0.159 e. The summed E-state index contributed by atoms with van der Waals surface area (Å²) in [7, 11) is 1.87. The average molecular weight is 292 g/mol. The van der Waals surface area contributed by atoms with Gasteiger partial charge in [0.1, 0.15) is 0 Å². The number of pyridine rings is 1. The molecule has 0 amide bonds. The molecule has 0 bridgehead atoms. The molecule has 2 aromatic rings. The Balaban J connectivity index is 1.86. The quantitative estimate of drug-likeness (QED) is 0.889. The number of aromatic nitrogens is 1. The van der Waals surface area contributed by atoms with Crippen molar-refractivity contribution in [1.29, 1.82) is 0 Å². The van der Waals surface area contributed by atoms with E-state index in [9.17, 15) is 13.9 Å². The lowest BCUT2D eigenvalue weighted by atomic mass is 10.1. The third kappa shape index (κ3) is 4.58. The number of hydrogen-bond acceptors (Lipinski definition) is 3. The van der Waals surface area contributed by atoms with E-state index in [2.05, 4.69) is 4.98 Å². The summed E-state index contributed by atoms with van der Waals surface area (Å²) in [5.74, 6) is -1.85. The highest BCUT2D eigenvalue weighted by Crippen LogP contribution is 2.17. The monoisotopic (exact) mass is 292 g/mol. The molecule has 112 valence electrons. The van der Waals surface area contributed by atoms with Gasteiger partial charge in [-0.25, -0.2) is 8.78 Å². The summed E-state index contributed by atoms with van der Waals surface area (Å²) in [4.78, 5) is 6.16. The van der Waals surface area contributed by atoms with E-state index < -0.39 is 17.7 Å². The summed E-state index contributed by atoms with van der Waals surface area (Å²) in [6, 6.07) is 9.20. The molecule has 1 aromatic carbocycles. The van der Waals surface area contributed by atoms with Gasteiger partial charge in [-0.2, -0.15) is 0 Å². The summed E-state index contributed by atoms with van der Waals surface area (Å²) in [6.45, 7) is 1.07. The lowest BCUT2D eigenvalue weighted by Gasteiger charge is -2.20. The van der Waals surface area contributed by atoms with Crippen molar-refractivity contribution in [3.05, 3.63) is 65.5 Å². The van der Waals surface area contributed by atoms with E-state index in [0.717, 1.165) is 30.8 Å². The maximum atomic E-state index is 13.1. The number of likely N-dealkylation sites (N-methyl/N-ethyl adjacent to an activating group) is 1. The van der Waals surface area contributed by atoms with Crippen LogP contribution in [0.2, 0.25) is 0 Å². The molecule has 2 rings (SSSR count). The molecule has 0 saturated heterocycles. The van der Waals surface area contributed by atoms with Crippen LogP contribution in [0.4, 0.5) is 8.78 Å². The fourth-order valence-corrected chi connectivity index (χ4v) is 2.06. The van der Waals surface area contributed by atoms with E-state index in [1.807, 2.05) is 30.1 Å². The molecule has 1 atom stereocenters. The van der Waals surface area contributed by atoms with E-state index in [0.29, 0.717) is 12.1 Å². The second-order valence-electron chi connectivity index (χ2n) is 5.02. The predicted octanol–water partition coefficient (Wildman–Crippen LogP) is 2.57. The normalized spacial score (nSPS) is 12.6. The van der Waals surface area contributed by atoms with Crippen LogP contribution in [0.15, 0.2) is 42.6 Å². The van der Waals surface area contributed by atoms with Crippen molar-refractivity contribution in [1.82, 2.24) is 9.88 Å². The summed E-state index contributed by atoms with van der Waals surface area (Å²) < 4.78 is 26.0. The molecule has 1 heterocycles. The number of benzene rings is 1. The number of hydrogen-bond donors (Lipinski definition) is 1. The van der Waals surface area contributed by atoms with Crippen LogP contribution < -0.4 is 0 Å². The summed E-state index contributed by atoms with van der Waals surface area (Å²) >= 11 is 0. The SMILES string of the molecule is CN(CCc1ccccn1)CC(O)c1ccc(F)c(F)c1. The van der Waals surface area contributed by atoms with Gasteiger partial charge in [-0.15, -0.1) is 0 Å². The molecule has 0 spiro atoms. The van der Waals surface area contributed by atoms with Gasteiger partial charge in [0, 0.05) is 31.4 Å². The number of aliphatic hydroxyl groups excluding tert-OH is 1. The zero-order chi connectivity index (χ0) is 15.2. The molecule has 0 aliphatic heterocycles. The van der Waals surface area contributed by atoms with Gasteiger partial charge in [0.25, 0.3) is 0 Å². The molecule has 0 aliphatic carbocycles. The van der Waals surface area contributed by atoms with E-state index in [-0.39, 0.29) is 0 Å². The molecule has 3 nitrogen and oxygen atoms in total. The number of nitrogens with zero attached hydrogens (tertiary/aromatic N) is 2. The fraction of sp³-hybridized carbons (Fsp3) is 0.312. The first kappa shape index (κ1) is 15.5. The highest BCUT2D eigenvalue weighted by Gasteiger charge is 2.13. The molecular weight excluding hydrogens is 274 g/mol. The molecule has 1 unspecified atom stereocenters. The van der Waals surface area contributed by atoms with Crippen LogP contribution in [0.3, 0.4) is 0 Å². The Kier molecular flexibility index (Phi) is 5.36. The molecule has 1 aromatic heterocycles. The molecule has 0 fully saturated rings. The Bertz CT molecular complexity index is 578. The van der Waals surface area contributed by atoms with Crippen LogP contribution in [0, 0.1) is 11.6 Å². The van der Waals surface area contributed by atoms with Gasteiger partial charge in [0.05, 0.1) is 6.10 Å². The number of rotatable bonds is 6. The van der Waals surface area contributed by atoms with Crippen molar-refractivity contribution in [2.45, 2.75) is 12.5 Å². The summed E-state index contributed by atoms with van der Waals surface area (Å²) in [6.07, 6.45) is 1.65. The zero-order valence-electron chi connectivity index (χ0n) is 11.8. The molecular formula is C16H18F2N2O. The predicted molar refractivity (Wildman–Crippen MR) is 76.8 cm³/mol. The van der Waals surface area contributed by atoms with Crippen LogP contribution in [0.5, 0.6) is 0 Å². The second kappa shape index (κ2) is 7.24. The van der Waals surface area contributed by atoms with Crippen molar-refractivity contribution in [2.75, 3.05) is 20.1 Å². The Hall–Kier alpha value is -1.85. The molecule has 0 aliphatic rings. The van der Waals surface area contributed by atoms with E-state index in [4.69, 9.17) is 0 Å². The van der Waals surface area contributed by atoms with Gasteiger partial charge >= 0.3 is 0 Å². The minimum atomic E-state index is -0.942. The Morgan fingerprint density at radius 2 is 2.00 bits per heavy atom. The van der Waals surface area contributed by atoms with Gasteiger partial charge < -0.3 is 10.0 Å². The Labute approximate surface area is 122 Å². The van der Waals surface area contributed by atoms with Gasteiger partial charge in [-0.05, 0) is 36.9 Å². The van der Waals surface area contributed by atoms with Crippen molar-refractivity contribution in [2.24, 2.45) is 0 Å². The standard InChI is InChI=1S/C16H18F2N2O/c1-20(9-7-13-4-2-3-8-19-13)11-16(21)12-5-6-14(17)15(18)10-12/h2-6,8,10,16,21H,7,9,11H2,1H3. The molecule has 1 N–H and O–H groups in total. The van der Waals surface area contributed by atoms with Crippen molar-refractivity contribution >= 4 is 0 Å². The fourth-order valence-electron chi connectivity index (χ4n) is 2.06. The number of halogens is 2. The lowest BCUT2D eigenvalue weighted by Crippen LogP contribution is -2.27. The zero-order valence-corrected chi connectivity index (χ0v) is 11.8. The first-order valence-electron chi connectivity index (χ1n) is 6.77. The maximum absolute atomic E-state index is 13.1. The van der Waals surface area contributed by atoms with Crippen molar-refractivity contribution in [3.63, 3.8) is 0 Å². The van der Waals surface area contributed by atoms with Crippen molar-refractivity contribution in [3.8, 4) is 0 Å². The van der Waals surface area contributed by atoms with Crippen LogP contribution in [-0.2, 0) is 6.42 Å². The Morgan fingerprint density at radius 3 is 2.67 bits per heavy atom. The van der Waals surface area contributed by atoms with Crippen LogP contribution in [-0.4, -0.2) is 35.1 Å². The van der Waals surface area contributed by atoms with Crippen LogP contribution >= 0.6 is 0 Å². The van der Waals surface area contributed by atoms with Crippen molar-refractivity contribution < 1.29 is 13.9 Å². The third-order valence-corrected chi connectivity index (χ3v) is 3.29. The lowest BCUT2D eigenvalue weighted by molar-refractivity contribution is 0.127. The minimum absolute atomic E-state index is 0.345. The molecule has 0 radical (unpaired) electrons. The highest BCUT2D eigenvalue weighted by atomic mass is 19.2. The average Bonchev–Trinajstić information content (AvgIpc) is 2.49.